The van der Waals surface area contributed by atoms with Gasteiger partial charge in [0.15, 0.2) is 0 Å². The molecule has 0 atom stereocenters. The molecule has 10 rings (SSSR count). The normalized spacial score (nSPS) is 15.9. The summed E-state index contributed by atoms with van der Waals surface area (Å²) in [6.45, 7) is 27.2. The van der Waals surface area contributed by atoms with Crippen molar-refractivity contribution in [2.75, 3.05) is 0 Å². The maximum absolute atomic E-state index is 3.67. The minimum absolute atomic E-state index is 0. The van der Waals surface area contributed by atoms with Gasteiger partial charge >= 0.3 is 119 Å². The number of allylic oxidation sites excluding steroid dienone is 8. The molecule has 0 spiro atoms. The third kappa shape index (κ3) is 18.8. The molecule has 2 fully saturated rings. The summed E-state index contributed by atoms with van der Waals surface area (Å²) >= 11 is 2.73. The molecule has 6 aliphatic rings. The molecule has 0 unspecified atom stereocenters. The summed E-state index contributed by atoms with van der Waals surface area (Å²) in [5.41, 5.74) is 17.4. The van der Waals surface area contributed by atoms with E-state index in [0.29, 0.717) is 0 Å². The molecule has 4 heteroatoms. The van der Waals surface area contributed by atoms with Crippen LogP contribution in [0.3, 0.4) is 0 Å². The van der Waals surface area contributed by atoms with E-state index < -0.39 is 0 Å². The molecule has 0 nitrogen and oxygen atoms in total. The number of halogens is 2. The van der Waals surface area contributed by atoms with Crippen molar-refractivity contribution >= 4 is 6.51 Å². The molecule has 0 bridgehead atoms. The second-order valence-electron chi connectivity index (χ2n) is 23.0. The van der Waals surface area contributed by atoms with Gasteiger partial charge in [0.2, 0.25) is 0 Å². The van der Waals surface area contributed by atoms with Crippen LogP contribution in [0.1, 0.15) is 205 Å². The monoisotopic (exact) mass is 1280 g/mol. The van der Waals surface area contributed by atoms with Crippen LogP contribution in [0.4, 0.5) is 0 Å². The third-order valence-electron chi connectivity index (χ3n) is 13.0. The van der Waals surface area contributed by atoms with E-state index in [0.717, 1.165) is 25.7 Å². The van der Waals surface area contributed by atoms with Crippen LogP contribution in [0.15, 0.2) is 97.1 Å². The van der Waals surface area contributed by atoms with E-state index >= 15 is 0 Å². The van der Waals surface area contributed by atoms with Gasteiger partial charge in [-0.2, -0.15) is 59.7 Å². The molecule has 2 saturated carbocycles. The quantitative estimate of drug-likeness (QED) is 0.105. The zero-order valence-corrected chi connectivity index (χ0v) is 52.6. The van der Waals surface area contributed by atoms with Crippen molar-refractivity contribution in [1.29, 1.82) is 0 Å². The molecule has 0 amide bonds. The van der Waals surface area contributed by atoms with Crippen LogP contribution in [0.5, 0.6) is 0 Å². The summed E-state index contributed by atoms with van der Waals surface area (Å²) < 4.78 is 3.71. The van der Waals surface area contributed by atoms with E-state index in [9.17, 15) is 0 Å². The fourth-order valence-electron chi connectivity index (χ4n) is 8.69. The standard InChI is InChI=1S/2C21H25.2C6H10.2C5H5.2ClH.2Hf/c2*1-20(2,3)16-7-9-18-14(12-16)11-15-13-17(21(4,5)6)8-10-19(15)18;2*1-2-4-6-5-3-1;2*1-2-4-5-3-1;;;;/h2*7-10,12H,11H2,1-6H3;2*1-5H2;2*1-3H,4H2;2*1H;;/q2*-1;;;2*-1;;;2*+2/p-2. The van der Waals surface area contributed by atoms with Gasteiger partial charge < -0.3 is 24.8 Å². The van der Waals surface area contributed by atoms with Crippen molar-refractivity contribution in [2.45, 2.75) is 195 Å². The second kappa shape index (κ2) is 27.6. The van der Waals surface area contributed by atoms with Gasteiger partial charge in [-0.15, -0.1) is 35.1 Å². The molecule has 68 heavy (non-hydrogen) atoms. The molecule has 360 valence electrons. The fourth-order valence-corrected chi connectivity index (χ4v) is 11.2. The average Bonchev–Trinajstić information content (AvgIpc) is 4.12. The predicted molar refractivity (Wildman–Crippen MR) is 281 cm³/mol. The van der Waals surface area contributed by atoms with Gasteiger partial charge in [0.05, 0.1) is 0 Å². The van der Waals surface area contributed by atoms with Gasteiger partial charge in [-0.1, -0.05) is 131 Å². The molecule has 0 radical (unpaired) electrons. The molecule has 0 N–H and O–H groups in total. The Labute approximate surface area is 457 Å². The Morgan fingerprint density at radius 3 is 0.985 bits per heavy atom. The molecule has 0 aromatic heterocycles. The molecule has 6 aliphatic carbocycles. The van der Waals surface area contributed by atoms with E-state index in [4.69, 9.17) is 0 Å². The first kappa shape index (κ1) is 60.2. The van der Waals surface area contributed by atoms with Crippen LogP contribution in [0.25, 0.3) is 22.3 Å². The summed E-state index contributed by atoms with van der Waals surface area (Å²) in [6.07, 6.45) is 36.8. The zero-order valence-electron chi connectivity index (χ0n) is 43.9. The molecular weight excluding hydrogens is 1200 g/mol. The van der Waals surface area contributed by atoms with Crippen LogP contribution >= 0.6 is 0 Å². The van der Waals surface area contributed by atoms with Crippen molar-refractivity contribution in [2.24, 2.45) is 0 Å². The second-order valence-corrected chi connectivity index (χ2v) is 28.0. The summed E-state index contributed by atoms with van der Waals surface area (Å²) in [6, 6.07) is 30.3. The Morgan fingerprint density at radius 2 is 0.750 bits per heavy atom. The van der Waals surface area contributed by atoms with Crippen LogP contribution in [0.2, 0.25) is 0 Å². The molecule has 0 aliphatic heterocycles. The van der Waals surface area contributed by atoms with Gasteiger partial charge in [-0.25, -0.2) is 24.3 Å². The minimum atomic E-state index is 0. The van der Waals surface area contributed by atoms with Crippen molar-refractivity contribution in [3.8, 4) is 22.3 Å². The van der Waals surface area contributed by atoms with Gasteiger partial charge in [0.25, 0.3) is 0 Å². The van der Waals surface area contributed by atoms with Crippen LogP contribution in [-0.4, -0.2) is 6.51 Å². The summed E-state index contributed by atoms with van der Waals surface area (Å²) in [5, 5.41) is 0. The number of hydrogen-bond donors (Lipinski definition) is 0. The molecule has 4 aromatic rings. The Morgan fingerprint density at radius 1 is 0.412 bits per heavy atom. The van der Waals surface area contributed by atoms with Crippen molar-refractivity contribution in [1.82, 2.24) is 0 Å². The number of fused-ring (bicyclic) bond motifs is 6. The van der Waals surface area contributed by atoms with E-state index in [1.165, 1.54) is 179 Å². The van der Waals surface area contributed by atoms with Crippen LogP contribution in [-0.2, 0) is 82.3 Å². The predicted octanol–water partition coefficient (Wildman–Crippen LogP) is 11.3. The van der Waals surface area contributed by atoms with Gasteiger partial charge in [-0.05, 0) is 56.8 Å². The van der Waals surface area contributed by atoms with E-state index in [-0.39, 0.29) is 46.5 Å². The number of rotatable bonds is 0. The van der Waals surface area contributed by atoms with E-state index in [1.54, 1.807) is 0 Å². The Balaban J connectivity index is 0.000000239. The Bertz CT molecular complexity index is 2070. The Hall–Kier alpha value is -2.10. The van der Waals surface area contributed by atoms with Gasteiger partial charge in [0, 0.05) is 0 Å². The fraction of sp³-hybridized carbons (Fsp3) is 0.469. The Kier molecular flexibility index (Phi) is 24.5. The summed E-state index contributed by atoms with van der Waals surface area (Å²) in [7, 11) is 0. The first-order valence-corrected chi connectivity index (χ1v) is 28.7. The van der Waals surface area contributed by atoms with Crippen molar-refractivity contribution in [3.63, 3.8) is 0 Å². The average molecular weight is 1280 g/mol. The molecular formula is C64H80Cl2Hf2-2. The molecule has 4 aromatic carbocycles. The van der Waals surface area contributed by atoms with Crippen molar-refractivity contribution < 1.29 is 72.6 Å². The third-order valence-corrected chi connectivity index (χ3v) is 16.6. The van der Waals surface area contributed by atoms with Crippen LogP contribution in [0, 0.1) is 24.3 Å². The first-order chi connectivity index (χ1) is 31.1. The summed E-state index contributed by atoms with van der Waals surface area (Å²) in [4.78, 5) is 0. The maximum atomic E-state index is 3.67. The molecule has 0 heterocycles. The topological polar surface area (TPSA) is 0 Å². The van der Waals surface area contributed by atoms with E-state index in [1.807, 2.05) is 30.8 Å². The summed E-state index contributed by atoms with van der Waals surface area (Å²) in [5.74, 6) is 0. The SMILES string of the molecule is CC(C)(C)c1[c-]c2c(cc1)-c1ccc(C(C)(C)C)cc1C2.CC(C)(C)c1[c-]c2c(cc1)-c1ccc(C(C)(C)C)cc1C2.[C-]1=CC=CC1.[C-]1=CC=CC1.[Cl-].[Cl-].[Hf+2]=[C]1CCCCC1.[Hf+2]=[C]1CCCCC1. The van der Waals surface area contributed by atoms with Gasteiger partial charge in [0.1, 0.15) is 0 Å². The zero-order chi connectivity index (χ0) is 48.1. The first-order valence-electron chi connectivity index (χ1n) is 25.1. The number of hydrogen-bond acceptors (Lipinski definition) is 0. The van der Waals surface area contributed by atoms with Crippen molar-refractivity contribution in [3.05, 3.63) is 166 Å². The number of benzene rings is 4. The van der Waals surface area contributed by atoms with Crippen LogP contribution < -0.4 is 24.8 Å². The van der Waals surface area contributed by atoms with E-state index in [2.05, 4.69) is 180 Å². The molecule has 0 saturated heterocycles. The van der Waals surface area contributed by atoms with Gasteiger partial charge in [-0.3, -0.25) is 12.2 Å².